The zero-order chi connectivity index (χ0) is 26.5. The van der Waals surface area contributed by atoms with Crippen molar-refractivity contribution in [2.45, 2.75) is 56.4 Å². The standard InChI is InChI=1S/C25H33ClO9Si/c1-31-18-13-15(12-17(26)23(18)34-16-8-6-5-7-9-16)24(30)33-14-19-20(27)21(28)22(29)25(35-19)32-10-11-36(2,3)4/h5-9,12-13,19-22,25,27-29H,10-11,14H2,1-4H3/t19-,20-,21+,22-,25-/m1/s1. The van der Waals surface area contributed by atoms with Crippen LogP contribution in [0.25, 0.3) is 0 Å². The van der Waals surface area contributed by atoms with Gasteiger partial charge in [-0.3, -0.25) is 0 Å². The first-order chi connectivity index (χ1) is 17.0. The van der Waals surface area contributed by atoms with E-state index in [2.05, 4.69) is 19.6 Å². The number of aliphatic hydroxyl groups is 3. The van der Waals surface area contributed by atoms with Gasteiger partial charge >= 0.3 is 5.97 Å². The predicted molar refractivity (Wildman–Crippen MR) is 136 cm³/mol. The number of halogens is 1. The number of benzene rings is 2. The van der Waals surface area contributed by atoms with Crippen molar-refractivity contribution in [2.75, 3.05) is 20.3 Å². The lowest BCUT2D eigenvalue weighted by Gasteiger charge is -2.40. The van der Waals surface area contributed by atoms with Crippen LogP contribution in [-0.4, -0.2) is 80.4 Å². The van der Waals surface area contributed by atoms with Crippen LogP contribution in [0.2, 0.25) is 30.7 Å². The monoisotopic (exact) mass is 540 g/mol. The summed E-state index contributed by atoms with van der Waals surface area (Å²) in [6.07, 6.45) is -6.71. The minimum absolute atomic E-state index is 0.0890. The van der Waals surface area contributed by atoms with E-state index in [1.54, 1.807) is 24.3 Å². The molecule has 0 aliphatic carbocycles. The molecule has 1 aliphatic rings. The maximum atomic E-state index is 12.7. The molecule has 1 heterocycles. The van der Waals surface area contributed by atoms with Crippen molar-refractivity contribution in [3.8, 4) is 17.2 Å². The summed E-state index contributed by atoms with van der Waals surface area (Å²) in [5.41, 5.74) is 0.0890. The van der Waals surface area contributed by atoms with Crippen LogP contribution in [0, 0.1) is 0 Å². The molecular formula is C25H33ClO9Si. The number of carbonyl (C=O) groups is 1. The second-order valence-electron chi connectivity index (χ2n) is 9.70. The van der Waals surface area contributed by atoms with Crippen LogP contribution in [-0.2, 0) is 14.2 Å². The number of esters is 1. The first kappa shape index (κ1) is 28.4. The Balaban J connectivity index is 1.65. The average Bonchev–Trinajstić information content (AvgIpc) is 2.84. The summed E-state index contributed by atoms with van der Waals surface area (Å²) >= 11 is 6.36. The Labute approximate surface area is 216 Å². The van der Waals surface area contributed by atoms with Crippen LogP contribution in [0.4, 0.5) is 0 Å². The Hall–Kier alpha value is -2.18. The molecular weight excluding hydrogens is 508 g/mol. The Morgan fingerprint density at radius 2 is 1.75 bits per heavy atom. The van der Waals surface area contributed by atoms with Gasteiger partial charge in [-0.05, 0) is 30.3 Å². The summed E-state index contributed by atoms with van der Waals surface area (Å²) in [4.78, 5) is 12.7. The van der Waals surface area contributed by atoms with Crippen LogP contribution in [0.15, 0.2) is 42.5 Å². The largest absolute Gasteiger partial charge is 0.493 e. The number of aliphatic hydroxyl groups excluding tert-OH is 3. The van der Waals surface area contributed by atoms with Gasteiger partial charge in [-0.15, -0.1) is 0 Å². The zero-order valence-corrected chi connectivity index (χ0v) is 22.5. The highest BCUT2D eigenvalue weighted by Gasteiger charge is 2.45. The molecule has 2 aromatic carbocycles. The fourth-order valence-electron chi connectivity index (χ4n) is 3.46. The van der Waals surface area contributed by atoms with Crippen LogP contribution in [0.3, 0.4) is 0 Å². The molecule has 11 heteroatoms. The molecule has 0 aromatic heterocycles. The van der Waals surface area contributed by atoms with Crippen molar-refractivity contribution >= 4 is 25.6 Å². The van der Waals surface area contributed by atoms with Gasteiger partial charge in [-0.1, -0.05) is 49.4 Å². The van der Waals surface area contributed by atoms with E-state index in [0.717, 1.165) is 6.04 Å². The van der Waals surface area contributed by atoms with Crippen molar-refractivity contribution < 1.29 is 43.8 Å². The first-order valence-electron chi connectivity index (χ1n) is 11.6. The second-order valence-corrected chi connectivity index (χ2v) is 15.7. The molecule has 0 saturated carbocycles. The molecule has 1 saturated heterocycles. The Morgan fingerprint density at radius 1 is 1.06 bits per heavy atom. The van der Waals surface area contributed by atoms with Gasteiger partial charge in [0.05, 0.1) is 17.7 Å². The molecule has 0 unspecified atom stereocenters. The van der Waals surface area contributed by atoms with Gasteiger partial charge in [0.1, 0.15) is 36.8 Å². The third-order valence-corrected chi connectivity index (χ3v) is 7.59. The minimum Gasteiger partial charge on any atom is -0.493 e. The molecule has 3 N–H and O–H groups in total. The van der Waals surface area contributed by atoms with E-state index in [4.69, 9.17) is 35.3 Å². The first-order valence-corrected chi connectivity index (χ1v) is 15.7. The molecule has 0 spiro atoms. The number of ether oxygens (including phenoxy) is 5. The SMILES string of the molecule is COc1cc(C(=O)OC[C@H]2O[C@@H](OCC[Si](C)(C)C)[C@H](O)[C@@H](O)[C@@H]2O)cc(Cl)c1Oc1ccccc1. The number of para-hydroxylation sites is 1. The number of carbonyl (C=O) groups excluding carboxylic acids is 1. The van der Waals surface area contributed by atoms with Crippen LogP contribution < -0.4 is 9.47 Å². The van der Waals surface area contributed by atoms with Crippen LogP contribution in [0.1, 0.15) is 10.4 Å². The highest BCUT2D eigenvalue weighted by molar-refractivity contribution is 6.76. The Kier molecular flexibility index (Phi) is 9.76. The van der Waals surface area contributed by atoms with E-state index < -0.39 is 44.7 Å². The highest BCUT2D eigenvalue weighted by atomic mass is 35.5. The maximum absolute atomic E-state index is 12.7. The predicted octanol–water partition coefficient (Wildman–Crippen LogP) is 3.46. The lowest BCUT2D eigenvalue weighted by atomic mass is 9.99. The highest BCUT2D eigenvalue weighted by Crippen LogP contribution is 2.39. The molecule has 5 atom stereocenters. The Bertz CT molecular complexity index is 1010. The fourth-order valence-corrected chi connectivity index (χ4v) is 4.44. The van der Waals surface area contributed by atoms with Crippen molar-refractivity contribution in [3.05, 3.63) is 53.1 Å². The molecule has 0 bridgehead atoms. The van der Waals surface area contributed by atoms with Gasteiger partial charge in [-0.25, -0.2) is 4.79 Å². The van der Waals surface area contributed by atoms with Crippen molar-refractivity contribution in [3.63, 3.8) is 0 Å². The topological polar surface area (TPSA) is 124 Å². The third-order valence-electron chi connectivity index (χ3n) is 5.61. The second kappa shape index (κ2) is 12.4. The molecule has 36 heavy (non-hydrogen) atoms. The number of methoxy groups -OCH3 is 1. The lowest BCUT2D eigenvalue weighted by molar-refractivity contribution is -0.299. The van der Waals surface area contributed by atoms with Crippen LogP contribution >= 0.6 is 11.6 Å². The molecule has 9 nitrogen and oxygen atoms in total. The van der Waals surface area contributed by atoms with Gasteiger partial charge < -0.3 is 39.0 Å². The molecule has 2 aromatic rings. The molecule has 0 amide bonds. The maximum Gasteiger partial charge on any atom is 0.338 e. The van der Waals surface area contributed by atoms with E-state index in [1.807, 2.05) is 6.07 Å². The average molecular weight is 541 g/mol. The fraction of sp³-hybridized carbons (Fsp3) is 0.480. The van der Waals surface area contributed by atoms with Crippen LogP contribution in [0.5, 0.6) is 17.2 Å². The quantitative estimate of drug-likeness (QED) is 0.307. The molecule has 1 aliphatic heterocycles. The van der Waals surface area contributed by atoms with E-state index in [0.29, 0.717) is 12.4 Å². The van der Waals surface area contributed by atoms with Gasteiger partial charge in [-0.2, -0.15) is 0 Å². The van der Waals surface area contributed by atoms with E-state index in [9.17, 15) is 20.1 Å². The van der Waals surface area contributed by atoms with Gasteiger partial charge in [0.2, 0.25) is 0 Å². The summed E-state index contributed by atoms with van der Waals surface area (Å²) in [6, 6.07) is 12.6. The summed E-state index contributed by atoms with van der Waals surface area (Å²) in [5.74, 6) is 0.248. The third kappa shape index (κ3) is 7.42. The zero-order valence-electron chi connectivity index (χ0n) is 20.7. The summed E-state index contributed by atoms with van der Waals surface area (Å²) in [7, 11) is 0.0254. The molecule has 198 valence electrons. The number of hydrogen-bond acceptors (Lipinski definition) is 9. The minimum atomic E-state index is -1.52. The van der Waals surface area contributed by atoms with E-state index >= 15 is 0 Å². The van der Waals surface area contributed by atoms with Crippen molar-refractivity contribution in [2.24, 2.45) is 0 Å². The number of rotatable bonds is 10. The summed E-state index contributed by atoms with van der Waals surface area (Å²) in [6.45, 7) is 6.48. The van der Waals surface area contributed by atoms with Gasteiger partial charge in [0.25, 0.3) is 0 Å². The normalized spacial score (nSPS) is 24.3. The van der Waals surface area contributed by atoms with Crippen molar-refractivity contribution in [1.82, 2.24) is 0 Å². The van der Waals surface area contributed by atoms with Gasteiger partial charge in [0, 0.05) is 14.7 Å². The molecule has 1 fully saturated rings. The van der Waals surface area contributed by atoms with E-state index in [1.165, 1.54) is 19.2 Å². The van der Waals surface area contributed by atoms with E-state index in [-0.39, 0.29) is 28.7 Å². The molecule has 3 rings (SSSR count). The summed E-state index contributed by atoms with van der Waals surface area (Å²) < 4.78 is 27.7. The smallest absolute Gasteiger partial charge is 0.338 e. The molecule has 0 radical (unpaired) electrons. The number of hydrogen-bond donors (Lipinski definition) is 3. The lowest BCUT2D eigenvalue weighted by Crippen LogP contribution is -2.59. The summed E-state index contributed by atoms with van der Waals surface area (Å²) in [5, 5.41) is 30.9. The van der Waals surface area contributed by atoms with Gasteiger partial charge in [0.15, 0.2) is 17.8 Å². The Morgan fingerprint density at radius 3 is 2.39 bits per heavy atom. The van der Waals surface area contributed by atoms with Crippen molar-refractivity contribution in [1.29, 1.82) is 0 Å².